The highest BCUT2D eigenvalue weighted by Crippen LogP contribution is 2.17. The third-order valence-corrected chi connectivity index (χ3v) is 2.79. The summed E-state index contributed by atoms with van der Waals surface area (Å²) in [6, 6.07) is 8.70. The number of benzene rings is 1. The lowest BCUT2D eigenvalue weighted by atomic mass is 10.2. The Balaban J connectivity index is 2.40. The first-order chi connectivity index (χ1) is 7.63. The molecule has 0 radical (unpaired) electrons. The van der Waals surface area contributed by atoms with Crippen LogP contribution in [0.3, 0.4) is 0 Å². The monoisotopic (exact) mass is 221 g/mol. The molecule has 0 amide bonds. The van der Waals surface area contributed by atoms with Gasteiger partial charge in [0, 0.05) is 12.6 Å². The predicted octanol–water partition coefficient (Wildman–Crippen LogP) is 3.15. The van der Waals surface area contributed by atoms with Crippen LogP contribution in [0.2, 0.25) is 0 Å². The number of ether oxygens (including phenoxy) is 1. The smallest absolute Gasteiger partial charge is 0.122 e. The van der Waals surface area contributed by atoms with Crippen molar-refractivity contribution in [3.63, 3.8) is 0 Å². The van der Waals surface area contributed by atoms with Crippen molar-refractivity contribution in [2.75, 3.05) is 6.54 Å². The maximum absolute atomic E-state index is 5.88. The van der Waals surface area contributed by atoms with Gasteiger partial charge in [0.1, 0.15) is 11.9 Å². The molecule has 0 fully saturated rings. The number of aryl methyl sites for hydroxylation is 1. The van der Waals surface area contributed by atoms with Crippen LogP contribution < -0.4 is 10.1 Å². The fraction of sp³-hybridized carbons (Fsp3) is 0.571. The van der Waals surface area contributed by atoms with Crippen LogP contribution in [-0.2, 0) is 0 Å². The topological polar surface area (TPSA) is 21.3 Å². The minimum absolute atomic E-state index is 0.204. The molecule has 0 aromatic heterocycles. The minimum Gasteiger partial charge on any atom is -0.489 e. The zero-order valence-corrected chi connectivity index (χ0v) is 10.8. The third kappa shape index (κ3) is 4.23. The average molecular weight is 221 g/mol. The predicted molar refractivity (Wildman–Crippen MR) is 69.0 cm³/mol. The second kappa shape index (κ2) is 6.54. The van der Waals surface area contributed by atoms with Gasteiger partial charge in [-0.05, 0) is 38.8 Å². The number of nitrogens with one attached hydrogen (secondary N) is 1. The first kappa shape index (κ1) is 13.0. The molecule has 16 heavy (non-hydrogen) atoms. The van der Waals surface area contributed by atoms with E-state index >= 15 is 0 Å². The van der Waals surface area contributed by atoms with Gasteiger partial charge < -0.3 is 10.1 Å². The number of para-hydroxylation sites is 1. The SMILES string of the molecule is CCC(C)NCC(C)Oc1ccccc1C. The fourth-order valence-electron chi connectivity index (χ4n) is 1.46. The van der Waals surface area contributed by atoms with Gasteiger partial charge in [-0.3, -0.25) is 0 Å². The van der Waals surface area contributed by atoms with E-state index in [0.717, 1.165) is 18.7 Å². The summed E-state index contributed by atoms with van der Waals surface area (Å²) in [5.41, 5.74) is 1.19. The molecule has 0 aliphatic carbocycles. The third-order valence-electron chi connectivity index (χ3n) is 2.79. The maximum atomic E-state index is 5.88. The van der Waals surface area contributed by atoms with Crippen LogP contribution >= 0.6 is 0 Å². The quantitative estimate of drug-likeness (QED) is 0.796. The molecule has 0 saturated heterocycles. The maximum Gasteiger partial charge on any atom is 0.122 e. The van der Waals surface area contributed by atoms with Crippen LogP contribution in [0.1, 0.15) is 32.8 Å². The molecule has 1 aromatic rings. The average Bonchev–Trinajstić information content (AvgIpc) is 2.29. The molecule has 0 aliphatic heterocycles. The Morgan fingerprint density at radius 3 is 2.56 bits per heavy atom. The van der Waals surface area contributed by atoms with Crippen molar-refractivity contribution in [1.82, 2.24) is 5.32 Å². The zero-order chi connectivity index (χ0) is 12.0. The highest BCUT2D eigenvalue weighted by atomic mass is 16.5. The first-order valence-corrected chi connectivity index (χ1v) is 6.09. The van der Waals surface area contributed by atoms with Gasteiger partial charge in [0.05, 0.1) is 0 Å². The fourth-order valence-corrected chi connectivity index (χ4v) is 1.46. The lowest BCUT2D eigenvalue weighted by molar-refractivity contribution is 0.210. The molecule has 0 heterocycles. The molecular formula is C14H23NO. The largest absolute Gasteiger partial charge is 0.489 e. The lowest BCUT2D eigenvalue weighted by Crippen LogP contribution is -2.34. The Hall–Kier alpha value is -1.02. The van der Waals surface area contributed by atoms with Gasteiger partial charge in [-0.15, -0.1) is 0 Å². The molecule has 0 spiro atoms. The molecule has 1 rings (SSSR count). The molecule has 90 valence electrons. The Kier molecular flexibility index (Phi) is 5.33. The molecule has 0 saturated carbocycles. The summed E-state index contributed by atoms with van der Waals surface area (Å²) < 4.78 is 5.88. The molecule has 2 atom stereocenters. The van der Waals surface area contributed by atoms with E-state index in [1.165, 1.54) is 5.56 Å². The van der Waals surface area contributed by atoms with Crippen molar-refractivity contribution in [2.24, 2.45) is 0 Å². The molecule has 1 N–H and O–H groups in total. The summed E-state index contributed by atoms with van der Waals surface area (Å²) in [5, 5.41) is 3.45. The Labute approximate surface area is 99.0 Å². The Bertz CT molecular complexity index is 311. The van der Waals surface area contributed by atoms with E-state index in [-0.39, 0.29) is 6.10 Å². The normalized spacial score (nSPS) is 14.5. The summed E-state index contributed by atoms with van der Waals surface area (Å²) in [5.74, 6) is 0.987. The molecule has 0 bridgehead atoms. The van der Waals surface area contributed by atoms with Gasteiger partial charge >= 0.3 is 0 Å². The highest BCUT2D eigenvalue weighted by Gasteiger charge is 2.06. The van der Waals surface area contributed by atoms with Gasteiger partial charge in [-0.2, -0.15) is 0 Å². The van der Waals surface area contributed by atoms with Crippen molar-refractivity contribution in [3.8, 4) is 5.75 Å². The van der Waals surface area contributed by atoms with Crippen LogP contribution in [0.25, 0.3) is 0 Å². The van der Waals surface area contributed by atoms with E-state index < -0.39 is 0 Å². The van der Waals surface area contributed by atoms with Crippen LogP contribution in [-0.4, -0.2) is 18.7 Å². The molecular weight excluding hydrogens is 198 g/mol. The van der Waals surface area contributed by atoms with Crippen LogP contribution in [0.15, 0.2) is 24.3 Å². The summed E-state index contributed by atoms with van der Waals surface area (Å²) in [6.07, 6.45) is 1.35. The number of hydrogen-bond donors (Lipinski definition) is 1. The second-order valence-corrected chi connectivity index (χ2v) is 4.41. The van der Waals surface area contributed by atoms with E-state index in [9.17, 15) is 0 Å². The van der Waals surface area contributed by atoms with Crippen LogP contribution in [0.4, 0.5) is 0 Å². The molecule has 1 aromatic carbocycles. The summed E-state index contributed by atoms with van der Waals surface area (Å²) in [7, 11) is 0. The van der Waals surface area contributed by atoms with Crippen molar-refractivity contribution in [3.05, 3.63) is 29.8 Å². The highest BCUT2D eigenvalue weighted by molar-refractivity contribution is 5.31. The molecule has 2 heteroatoms. The van der Waals surface area contributed by atoms with E-state index in [0.29, 0.717) is 6.04 Å². The number of rotatable bonds is 6. The second-order valence-electron chi connectivity index (χ2n) is 4.41. The lowest BCUT2D eigenvalue weighted by Gasteiger charge is -2.19. The molecule has 0 aliphatic rings. The van der Waals surface area contributed by atoms with Crippen molar-refractivity contribution >= 4 is 0 Å². The minimum atomic E-state index is 0.204. The van der Waals surface area contributed by atoms with Crippen LogP contribution in [0, 0.1) is 6.92 Å². The van der Waals surface area contributed by atoms with E-state index in [4.69, 9.17) is 4.74 Å². The summed E-state index contributed by atoms with van der Waals surface area (Å²) >= 11 is 0. The summed E-state index contributed by atoms with van der Waals surface area (Å²) in [6.45, 7) is 9.44. The van der Waals surface area contributed by atoms with Gasteiger partial charge in [-0.25, -0.2) is 0 Å². The van der Waals surface area contributed by atoms with Crippen molar-refractivity contribution in [2.45, 2.75) is 46.3 Å². The van der Waals surface area contributed by atoms with Gasteiger partial charge in [-0.1, -0.05) is 25.1 Å². The van der Waals surface area contributed by atoms with Gasteiger partial charge in [0.2, 0.25) is 0 Å². The zero-order valence-electron chi connectivity index (χ0n) is 10.8. The van der Waals surface area contributed by atoms with Gasteiger partial charge in [0.15, 0.2) is 0 Å². The number of hydrogen-bond acceptors (Lipinski definition) is 2. The summed E-state index contributed by atoms with van der Waals surface area (Å²) in [4.78, 5) is 0. The van der Waals surface area contributed by atoms with Gasteiger partial charge in [0.25, 0.3) is 0 Å². The van der Waals surface area contributed by atoms with Crippen molar-refractivity contribution in [1.29, 1.82) is 0 Å². The standard InChI is InChI=1S/C14H23NO/c1-5-12(3)15-10-13(4)16-14-9-7-6-8-11(14)2/h6-9,12-13,15H,5,10H2,1-4H3. The van der Waals surface area contributed by atoms with E-state index in [1.807, 2.05) is 18.2 Å². The van der Waals surface area contributed by atoms with E-state index in [2.05, 4.69) is 39.1 Å². The molecule has 2 nitrogen and oxygen atoms in total. The Morgan fingerprint density at radius 2 is 1.94 bits per heavy atom. The molecule has 2 unspecified atom stereocenters. The first-order valence-electron chi connectivity index (χ1n) is 6.09. The van der Waals surface area contributed by atoms with E-state index in [1.54, 1.807) is 0 Å². The Morgan fingerprint density at radius 1 is 1.25 bits per heavy atom. The van der Waals surface area contributed by atoms with Crippen LogP contribution in [0.5, 0.6) is 5.75 Å². The van der Waals surface area contributed by atoms with Crippen molar-refractivity contribution < 1.29 is 4.74 Å².